The van der Waals surface area contributed by atoms with E-state index in [0.29, 0.717) is 0 Å². The summed E-state index contributed by atoms with van der Waals surface area (Å²) in [5.41, 5.74) is 3.87. The first-order valence-corrected chi connectivity index (χ1v) is 7.02. The lowest BCUT2D eigenvalue weighted by atomic mass is 10.0. The molecule has 0 N–H and O–H groups in total. The number of halogens is 1. The number of hydrogen-bond donors (Lipinski definition) is 0. The Kier molecular flexibility index (Phi) is 4.83. The minimum absolute atomic E-state index is 0.795. The van der Waals surface area contributed by atoms with Crippen molar-refractivity contribution < 1.29 is 0 Å². The number of hydrogen-bond acceptors (Lipinski definition) is 0. The first-order chi connectivity index (χ1) is 8.79. The zero-order chi connectivity index (χ0) is 12.8. The summed E-state index contributed by atoms with van der Waals surface area (Å²) in [6, 6.07) is 16.8. The Morgan fingerprint density at radius 3 is 2.33 bits per heavy atom. The molecule has 94 valence electrons. The van der Waals surface area contributed by atoms with Crippen LogP contribution in [0.5, 0.6) is 0 Å². The van der Waals surface area contributed by atoms with Gasteiger partial charge in [0, 0.05) is 5.02 Å². The maximum Gasteiger partial charge on any atom is 0.0412 e. The molecule has 18 heavy (non-hydrogen) atoms. The molecule has 2 rings (SSSR count). The van der Waals surface area contributed by atoms with E-state index in [4.69, 9.17) is 11.6 Å². The van der Waals surface area contributed by atoms with E-state index >= 15 is 0 Å². The molecule has 0 aliphatic heterocycles. The average Bonchev–Trinajstić information content (AvgIpc) is 2.39. The maximum atomic E-state index is 6.04. The smallest absolute Gasteiger partial charge is 0.0412 e. The van der Waals surface area contributed by atoms with E-state index in [1.54, 1.807) is 0 Å². The first-order valence-electron chi connectivity index (χ1n) is 6.64. The first kappa shape index (κ1) is 13.2. The van der Waals surface area contributed by atoms with Gasteiger partial charge in [-0.3, -0.25) is 0 Å². The summed E-state index contributed by atoms with van der Waals surface area (Å²) in [5, 5.41) is 0.795. The van der Waals surface area contributed by atoms with Gasteiger partial charge in [-0.2, -0.15) is 0 Å². The van der Waals surface area contributed by atoms with Gasteiger partial charge in [0.05, 0.1) is 0 Å². The molecule has 0 aliphatic rings. The van der Waals surface area contributed by atoms with Crippen LogP contribution in [0.3, 0.4) is 0 Å². The van der Waals surface area contributed by atoms with E-state index in [-0.39, 0.29) is 0 Å². The third kappa shape index (κ3) is 3.61. The van der Waals surface area contributed by atoms with Crippen LogP contribution in [0.15, 0.2) is 48.5 Å². The fourth-order valence-corrected chi connectivity index (χ4v) is 2.34. The number of aryl methyl sites for hydroxylation is 1. The van der Waals surface area contributed by atoms with Crippen molar-refractivity contribution in [1.82, 2.24) is 0 Å². The van der Waals surface area contributed by atoms with Crippen molar-refractivity contribution in [3.8, 4) is 11.1 Å². The van der Waals surface area contributed by atoms with Gasteiger partial charge in [0.1, 0.15) is 0 Å². The van der Waals surface area contributed by atoms with Crippen molar-refractivity contribution in [2.75, 3.05) is 0 Å². The summed E-state index contributed by atoms with van der Waals surface area (Å²) in [7, 11) is 0. The minimum atomic E-state index is 0.795. The van der Waals surface area contributed by atoms with Crippen LogP contribution < -0.4 is 0 Å². The van der Waals surface area contributed by atoms with E-state index in [2.05, 4.69) is 37.3 Å². The predicted octanol–water partition coefficient (Wildman–Crippen LogP) is 5.74. The fourth-order valence-electron chi connectivity index (χ4n) is 2.15. The van der Waals surface area contributed by atoms with Crippen molar-refractivity contribution in [2.45, 2.75) is 32.6 Å². The second-order valence-corrected chi connectivity index (χ2v) is 5.10. The molecule has 0 saturated heterocycles. The molecule has 2 aromatic rings. The molecule has 0 heterocycles. The van der Waals surface area contributed by atoms with Crippen molar-refractivity contribution in [3.63, 3.8) is 0 Å². The number of rotatable bonds is 5. The minimum Gasteiger partial charge on any atom is -0.0843 e. The van der Waals surface area contributed by atoms with Crippen molar-refractivity contribution in [2.24, 2.45) is 0 Å². The van der Waals surface area contributed by atoms with Crippen LogP contribution in [0.2, 0.25) is 5.02 Å². The average molecular weight is 259 g/mol. The summed E-state index contributed by atoms with van der Waals surface area (Å²) in [5.74, 6) is 0. The lowest BCUT2D eigenvalue weighted by Gasteiger charge is -2.06. The summed E-state index contributed by atoms with van der Waals surface area (Å²) in [6.07, 6.45) is 5.02. The van der Waals surface area contributed by atoms with Crippen LogP contribution in [0.25, 0.3) is 11.1 Å². The predicted molar refractivity (Wildman–Crippen MR) is 80.1 cm³/mol. The Morgan fingerprint density at radius 1 is 0.889 bits per heavy atom. The highest BCUT2D eigenvalue weighted by Gasteiger charge is 2.00. The van der Waals surface area contributed by atoms with Gasteiger partial charge >= 0.3 is 0 Å². The van der Waals surface area contributed by atoms with Gasteiger partial charge in [0.2, 0.25) is 0 Å². The summed E-state index contributed by atoms with van der Waals surface area (Å²) in [6.45, 7) is 2.24. The number of unbranched alkanes of at least 4 members (excludes halogenated alkanes) is 2. The molecule has 0 nitrogen and oxygen atoms in total. The van der Waals surface area contributed by atoms with E-state index in [9.17, 15) is 0 Å². The van der Waals surface area contributed by atoms with Crippen LogP contribution >= 0.6 is 11.6 Å². The van der Waals surface area contributed by atoms with Gasteiger partial charge in [-0.05, 0) is 41.7 Å². The Bertz CT molecular complexity index is 502. The van der Waals surface area contributed by atoms with Crippen molar-refractivity contribution in [1.29, 1.82) is 0 Å². The van der Waals surface area contributed by atoms with Crippen molar-refractivity contribution in [3.05, 3.63) is 59.1 Å². The highest BCUT2D eigenvalue weighted by Crippen LogP contribution is 2.24. The molecule has 0 fully saturated rings. The molecular formula is C17H19Cl. The lowest BCUT2D eigenvalue weighted by Crippen LogP contribution is -1.86. The van der Waals surface area contributed by atoms with Crippen LogP contribution in [0.4, 0.5) is 0 Å². The Labute approximate surface area is 115 Å². The largest absolute Gasteiger partial charge is 0.0843 e. The molecule has 0 unspecified atom stereocenters. The van der Waals surface area contributed by atoms with E-state index in [1.807, 2.05) is 18.2 Å². The van der Waals surface area contributed by atoms with Gasteiger partial charge in [-0.15, -0.1) is 0 Å². The molecular weight excluding hydrogens is 240 g/mol. The van der Waals surface area contributed by atoms with Crippen LogP contribution in [-0.4, -0.2) is 0 Å². The van der Waals surface area contributed by atoms with E-state index in [0.717, 1.165) is 5.02 Å². The van der Waals surface area contributed by atoms with E-state index < -0.39 is 0 Å². The molecule has 0 radical (unpaired) electrons. The van der Waals surface area contributed by atoms with Crippen LogP contribution in [0, 0.1) is 0 Å². The van der Waals surface area contributed by atoms with Gasteiger partial charge in [0.25, 0.3) is 0 Å². The van der Waals surface area contributed by atoms with Gasteiger partial charge in [-0.25, -0.2) is 0 Å². The SMILES string of the molecule is CCCCCc1cccc(-c2cccc(Cl)c2)c1. The van der Waals surface area contributed by atoms with Gasteiger partial charge in [-0.1, -0.05) is 67.8 Å². The number of benzene rings is 2. The molecule has 2 aromatic carbocycles. The van der Waals surface area contributed by atoms with Crippen molar-refractivity contribution >= 4 is 11.6 Å². The third-order valence-electron chi connectivity index (χ3n) is 3.15. The monoisotopic (exact) mass is 258 g/mol. The molecule has 0 saturated carbocycles. The lowest BCUT2D eigenvalue weighted by molar-refractivity contribution is 0.717. The van der Waals surface area contributed by atoms with Crippen LogP contribution in [-0.2, 0) is 6.42 Å². The normalized spacial score (nSPS) is 10.6. The summed E-state index contributed by atoms with van der Waals surface area (Å²) >= 11 is 6.04. The van der Waals surface area contributed by atoms with E-state index in [1.165, 1.54) is 42.4 Å². The molecule has 0 aliphatic carbocycles. The standard InChI is InChI=1S/C17H19Cl/c1-2-3-4-7-14-8-5-9-15(12-14)16-10-6-11-17(18)13-16/h5-6,8-13H,2-4,7H2,1H3. The molecule has 0 aromatic heterocycles. The van der Waals surface area contributed by atoms with Crippen LogP contribution in [0.1, 0.15) is 31.7 Å². The van der Waals surface area contributed by atoms with Gasteiger partial charge < -0.3 is 0 Å². The topological polar surface area (TPSA) is 0 Å². The van der Waals surface area contributed by atoms with Gasteiger partial charge in [0.15, 0.2) is 0 Å². The third-order valence-corrected chi connectivity index (χ3v) is 3.39. The molecule has 0 bridgehead atoms. The maximum absolute atomic E-state index is 6.04. The highest BCUT2D eigenvalue weighted by molar-refractivity contribution is 6.30. The zero-order valence-electron chi connectivity index (χ0n) is 10.8. The highest BCUT2D eigenvalue weighted by atomic mass is 35.5. The fraction of sp³-hybridized carbons (Fsp3) is 0.294. The Balaban J connectivity index is 2.16. The Morgan fingerprint density at radius 2 is 1.61 bits per heavy atom. The quantitative estimate of drug-likeness (QED) is 0.600. The zero-order valence-corrected chi connectivity index (χ0v) is 11.6. The molecule has 0 atom stereocenters. The Hall–Kier alpha value is -1.27. The summed E-state index contributed by atoms with van der Waals surface area (Å²) < 4.78 is 0. The molecule has 0 amide bonds. The summed E-state index contributed by atoms with van der Waals surface area (Å²) in [4.78, 5) is 0. The molecule has 1 heteroatoms. The second-order valence-electron chi connectivity index (χ2n) is 4.67. The molecule has 0 spiro atoms. The second kappa shape index (κ2) is 6.61.